The molecule has 0 bridgehead atoms. The van der Waals surface area contributed by atoms with Gasteiger partial charge in [0.15, 0.2) is 0 Å². The van der Waals surface area contributed by atoms with Gasteiger partial charge in [0, 0.05) is 35.4 Å². The Hall–Kier alpha value is -3.24. The summed E-state index contributed by atoms with van der Waals surface area (Å²) in [5, 5.41) is 5.19. The summed E-state index contributed by atoms with van der Waals surface area (Å²) >= 11 is 12.7. The maximum atomic E-state index is 6.54. The first kappa shape index (κ1) is 26.4. The summed E-state index contributed by atoms with van der Waals surface area (Å²) < 4.78 is 20.3. The van der Waals surface area contributed by atoms with Crippen LogP contribution in [0.15, 0.2) is 67.4 Å². The molecule has 1 aliphatic heterocycles. The minimum absolute atomic E-state index is 0.272. The Labute approximate surface area is 231 Å². The van der Waals surface area contributed by atoms with E-state index in [2.05, 4.69) is 33.8 Å². The molecule has 38 heavy (non-hydrogen) atoms. The average molecular weight is 555 g/mol. The average Bonchev–Trinajstić information content (AvgIpc) is 3.59. The second-order valence-electron chi connectivity index (χ2n) is 8.77. The van der Waals surface area contributed by atoms with E-state index in [9.17, 15) is 0 Å². The first-order valence-corrected chi connectivity index (χ1v) is 13.2. The van der Waals surface area contributed by atoms with Gasteiger partial charge in [-0.25, -0.2) is 19.6 Å². The summed E-state index contributed by atoms with van der Waals surface area (Å²) in [5.41, 5.74) is 2.51. The summed E-state index contributed by atoms with van der Waals surface area (Å²) in [6, 6.07) is 14.9. The highest BCUT2D eigenvalue weighted by Crippen LogP contribution is 2.40. The molecular formula is C27H28Cl2N6O3. The van der Waals surface area contributed by atoms with Crippen LogP contribution in [-0.2, 0) is 21.8 Å². The van der Waals surface area contributed by atoms with Crippen molar-refractivity contribution >= 4 is 29.2 Å². The lowest BCUT2D eigenvalue weighted by atomic mass is 10.1. The Bertz CT molecular complexity index is 1350. The molecule has 2 atom stereocenters. The van der Waals surface area contributed by atoms with Crippen LogP contribution in [0.25, 0.3) is 11.3 Å². The largest absolute Gasteiger partial charge is 0.491 e. The molecular weight excluding hydrogens is 527 g/mol. The number of rotatable bonds is 10. The number of benzene rings is 2. The number of anilines is 1. The monoisotopic (exact) mass is 554 g/mol. The molecule has 2 aromatic heterocycles. The standard InChI is InChI=1S/C27H28Cl2N6O3/c1-3-34(4-2)26-31-12-11-25(33-26)19-5-8-21(9-6-19)36-14-22-15-37-27(38-22,16-35-18-30-17-32-35)23-10-7-20(28)13-24(23)29/h5-13,17-18,22H,3-4,14-16H2,1-2H3/t22-,27-/m1/s1. The molecule has 1 saturated heterocycles. The number of halogens is 2. The van der Waals surface area contributed by atoms with Gasteiger partial charge in [0.2, 0.25) is 11.7 Å². The van der Waals surface area contributed by atoms with Crippen molar-refractivity contribution in [1.29, 1.82) is 0 Å². The zero-order chi connectivity index (χ0) is 26.5. The molecule has 1 aliphatic rings. The molecule has 0 spiro atoms. The van der Waals surface area contributed by atoms with E-state index in [-0.39, 0.29) is 12.6 Å². The van der Waals surface area contributed by atoms with Gasteiger partial charge in [-0.05, 0) is 56.3 Å². The fraction of sp³-hybridized carbons (Fsp3) is 0.333. The molecule has 3 heterocycles. The third-order valence-electron chi connectivity index (χ3n) is 6.31. The highest BCUT2D eigenvalue weighted by atomic mass is 35.5. The van der Waals surface area contributed by atoms with Crippen molar-refractivity contribution in [2.24, 2.45) is 0 Å². The highest BCUT2D eigenvalue weighted by molar-refractivity contribution is 6.35. The SMILES string of the molecule is CCN(CC)c1nccc(-c2ccc(OC[C@@H]3CO[C@@](Cn4cncn4)(c4ccc(Cl)cc4Cl)O3)cc2)n1. The second-order valence-corrected chi connectivity index (χ2v) is 9.61. The van der Waals surface area contributed by atoms with Gasteiger partial charge >= 0.3 is 0 Å². The Morgan fingerprint density at radius 2 is 1.92 bits per heavy atom. The third kappa shape index (κ3) is 5.76. The highest BCUT2D eigenvalue weighted by Gasteiger charge is 2.45. The zero-order valence-corrected chi connectivity index (χ0v) is 22.6. The van der Waals surface area contributed by atoms with Crippen molar-refractivity contribution < 1.29 is 14.2 Å². The van der Waals surface area contributed by atoms with Crippen LogP contribution in [0.5, 0.6) is 5.75 Å². The first-order chi connectivity index (χ1) is 18.5. The van der Waals surface area contributed by atoms with E-state index in [1.807, 2.05) is 36.4 Å². The number of hydrogen-bond acceptors (Lipinski definition) is 8. The molecule has 4 aromatic rings. The van der Waals surface area contributed by atoms with Crippen LogP contribution in [0.1, 0.15) is 19.4 Å². The minimum Gasteiger partial charge on any atom is -0.491 e. The summed E-state index contributed by atoms with van der Waals surface area (Å²) in [5.74, 6) is 0.290. The molecule has 9 nitrogen and oxygen atoms in total. The van der Waals surface area contributed by atoms with Crippen LogP contribution < -0.4 is 9.64 Å². The molecule has 198 valence electrons. The van der Waals surface area contributed by atoms with E-state index in [4.69, 9.17) is 42.4 Å². The third-order valence-corrected chi connectivity index (χ3v) is 6.86. The van der Waals surface area contributed by atoms with E-state index in [1.54, 1.807) is 29.3 Å². The van der Waals surface area contributed by atoms with Crippen LogP contribution in [0.2, 0.25) is 10.0 Å². The molecule has 0 radical (unpaired) electrons. The Kier molecular flexibility index (Phi) is 8.09. The van der Waals surface area contributed by atoms with Gasteiger partial charge in [-0.3, -0.25) is 0 Å². The molecule has 11 heteroatoms. The van der Waals surface area contributed by atoms with Crippen molar-refractivity contribution in [3.05, 3.63) is 83.0 Å². The lowest BCUT2D eigenvalue weighted by molar-refractivity contribution is -0.190. The maximum absolute atomic E-state index is 6.54. The van der Waals surface area contributed by atoms with E-state index < -0.39 is 5.79 Å². The number of nitrogens with zero attached hydrogens (tertiary/aromatic N) is 6. The van der Waals surface area contributed by atoms with Crippen molar-refractivity contribution in [3.63, 3.8) is 0 Å². The molecule has 0 unspecified atom stereocenters. The van der Waals surface area contributed by atoms with E-state index in [0.717, 1.165) is 30.3 Å². The number of aromatic nitrogens is 5. The number of ether oxygens (including phenoxy) is 3. The van der Waals surface area contributed by atoms with Gasteiger partial charge in [-0.15, -0.1) is 0 Å². The fourth-order valence-corrected chi connectivity index (χ4v) is 4.91. The predicted octanol–water partition coefficient (Wildman–Crippen LogP) is 5.24. The Balaban J connectivity index is 1.26. The van der Waals surface area contributed by atoms with Gasteiger partial charge in [0.25, 0.3) is 0 Å². The minimum atomic E-state index is -1.15. The molecule has 5 rings (SSSR count). The zero-order valence-electron chi connectivity index (χ0n) is 21.1. The molecule has 0 aliphatic carbocycles. The summed E-state index contributed by atoms with van der Waals surface area (Å²) in [7, 11) is 0. The number of hydrogen-bond donors (Lipinski definition) is 0. The van der Waals surface area contributed by atoms with Crippen molar-refractivity contribution in [1.82, 2.24) is 24.7 Å². The smallest absolute Gasteiger partial charge is 0.225 e. The molecule has 2 aromatic carbocycles. The normalized spacial score (nSPS) is 19.0. The van der Waals surface area contributed by atoms with Crippen molar-refractivity contribution in [2.45, 2.75) is 32.3 Å². The van der Waals surface area contributed by atoms with Crippen molar-refractivity contribution in [2.75, 3.05) is 31.2 Å². The Morgan fingerprint density at radius 3 is 2.63 bits per heavy atom. The predicted molar refractivity (Wildman–Crippen MR) is 146 cm³/mol. The Morgan fingerprint density at radius 1 is 1.11 bits per heavy atom. The van der Waals surface area contributed by atoms with Crippen LogP contribution in [0.3, 0.4) is 0 Å². The first-order valence-electron chi connectivity index (χ1n) is 12.4. The summed E-state index contributed by atoms with van der Waals surface area (Å²) in [6.07, 6.45) is 4.52. The second kappa shape index (κ2) is 11.7. The van der Waals surface area contributed by atoms with Gasteiger partial charge < -0.3 is 19.1 Å². The molecule has 1 fully saturated rings. The van der Waals surface area contributed by atoms with Gasteiger partial charge in [-0.1, -0.05) is 29.3 Å². The van der Waals surface area contributed by atoms with Crippen molar-refractivity contribution in [3.8, 4) is 17.0 Å². The van der Waals surface area contributed by atoms with Crippen LogP contribution in [-0.4, -0.2) is 57.1 Å². The molecule has 0 N–H and O–H groups in total. The van der Waals surface area contributed by atoms with Gasteiger partial charge in [0.1, 0.15) is 37.7 Å². The lowest BCUT2D eigenvalue weighted by Crippen LogP contribution is -2.35. The van der Waals surface area contributed by atoms with Crippen LogP contribution >= 0.6 is 23.2 Å². The van der Waals surface area contributed by atoms with Gasteiger partial charge in [-0.2, -0.15) is 5.10 Å². The van der Waals surface area contributed by atoms with E-state index in [1.165, 1.54) is 6.33 Å². The van der Waals surface area contributed by atoms with Gasteiger partial charge in [0.05, 0.1) is 17.3 Å². The summed E-state index contributed by atoms with van der Waals surface area (Å²) in [4.78, 5) is 15.3. The molecule has 0 amide bonds. The van der Waals surface area contributed by atoms with Crippen LogP contribution in [0.4, 0.5) is 5.95 Å². The maximum Gasteiger partial charge on any atom is 0.225 e. The molecule has 0 saturated carbocycles. The summed E-state index contributed by atoms with van der Waals surface area (Å²) in [6.45, 7) is 6.77. The lowest BCUT2D eigenvalue weighted by Gasteiger charge is -2.29. The van der Waals surface area contributed by atoms with E-state index in [0.29, 0.717) is 34.6 Å². The van der Waals surface area contributed by atoms with Crippen LogP contribution in [0, 0.1) is 0 Å². The van der Waals surface area contributed by atoms with E-state index >= 15 is 0 Å². The quantitative estimate of drug-likeness (QED) is 0.263. The topological polar surface area (TPSA) is 87.4 Å². The fourth-order valence-electron chi connectivity index (χ4n) is 4.36.